The van der Waals surface area contributed by atoms with E-state index in [-0.39, 0.29) is 17.4 Å². The van der Waals surface area contributed by atoms with Gasteiger partial charge in [0.25, 0.3) is 5.91 Å². The summed E-state index contributed by atoms with van der Waals surface area (Å²) in [4.78, 5) is 11.7. The summed E-state index contributed by atoms with van der Waals surface area (Å²) in [6, 6.07) is 8.05. The van der Waals surface area contributed by atoms with E-state index in [0.29, 0.717) is 0 Å². The quantitative estimate of drug-likeness (QED) is 0.905. The first-order chi connectivity index (χ1) is 8.70. The van der Waals surface area contributed by atoms with Crippen LogP contribution in [0.25, 0.3) is 0 Å². The van der Waals surface area contributed by atoms with E-state index in [1.807, 2.05) is 38.1 Å². The predicted molar refractivity (Wildman–Crippen MR) is 78.5 cm³/mol. The van der Waals surface area contributed by atoms with E-state index >= 15 is 0 Å². The largest absolute Gasteiger partial charge is 0.481 e. The molecule has 1 atom stereocenters. The van der Waals surface area contributed by atoms with Gasteiger partial charge in [0, 0.05) is 6.04 Å². The number of rotatable bonds is 4. The molecule has 106 valence electrons. The van der Waals surface area contributed by atoms with Crippen LogP contribution in [0.3, 0.4) is 0 Å². The Morgan fingerprint density at radius 3 is 2.05 bits per heavy atom. The van der Waals surface area contributed by atoms with Gasteiger partial charge in [-0.15, -0.1) is 0 Å². The van der Waals surface area contributed by atoms with E-state index in [0.717, 1.165) is 5.75 Å². The molecular formula is C16H25NO2. The van der Waals surface area contributed by atoms with Crippen LogP contribution >= 0.6 is 0 Å². The molecule has 3 heteroatoms. The maximum atomic E-state index is 11.7. The first-order valence-corrected chi connectivity index (χ1v) is 6.77. The van der Waals surface area contributed by atoms with Crippen molar-refractivity contribution in [3.05, 3.63) is 29.8 Å². The van der Waals surface area contributed by atoms with Gasteiger partial charge in [-0.2, -0.15) is 0 Å². The van der Waals surface area contributed by atoms with Crippen LogP contribution in [-0.4, -0.2) is 18.1 Å². The number of amides is 1. The standard InChI is InChI=1S/C16H25NO2/c1-11(2)17-15(18)12(3)19-14-9-7-13(8-10-14)16(4,5)6/h7-12H,1-6H3,(H,17,18)/t12-/m0/s1. The third kappa shape index (κ3) is 4.93. The number of hydrogen-bond acceptors (Lipinski definition) is 2. The summed E-state index contributed by atoms with van der Waals surface area (Å²) in [5.41, 5.74) is 1.37. The van der Waals surface area contributed by atoms with Crippen molar-refractivity contribution in [2.24, 2.45) is 0 Å². The summed E-state index contributed by atoms with van der Waals surface area (Å²) in [6.45, 7) is 12.1. The van der Waals surface area contributed by atoms with Gasteiger partial charge >= 0.3 is 0 Å². The Morgan fingerprint density at radius 2 is 1.63 bits per heavy atom. The molecule has 0 bridgehead atoms. The lowest BCUT2D eigenvalue weighted by atomic mass is 9.87. The van der Waals surface area contributed by atoms with Crippen molar-refractivity contribution in [2.45, 2.75) is 59.1 Å². The second-order valence-electron chi connectivity index (χ2n) is 6.20. The fourth-order valence-electron chi connectivity index (χ4n) is 1.69. The van der Waals surface area contributed by atoms with E-state index in [1.165, 1.54) is 5.56 Å². The van der Waals surface area contributed by atoms with Gasteiger partial charge in [-0.25, -0.2) is 0 Å². The Hall–Kier alpha value is -1.51. The molecule has 0 saturated carbocycles. The monoisotopic (exact) mass is 263 g/mol. The highest BCUT2D eigenvalue weighted by Crippen LogP contribution is 2.24. The molecule has 19 heavy (non-hydrogen) atoms. The lowest BCUT2D eigenvalue weighted by Gasteiger charge is -2.20. The molecular weight excluding hydrogens is 238 g/mol. The van der Waals surface area contributed by atoms with Crippen LogP contribution in [-0.2, 0) is 10.2 Å². The third-order valence-corrected chi connectivity index (χ3v) is 2.83. The predicted octanol–water partition coefficient (Wildman–Crippen LogP) is 3.28. The van der Waals surface area contributed by atoms with Gasteiger partial charge in [0.1, 0.15) is 5.75 Å². The first kappa shape index (κ1) is 15.5. The van der Waals surface area contributed by atoms with Crippen molar-refractivity contribution in [1.82, 2.24) is 5.32 Å². The van der Waals surface area contributed by atoms with Crippen LogP contribution in [0, 0.1) is 0 Å². The average Bonchev–Trinajstić information content (AvgIpc) is 2.27. The van der Waals surface area contributed by atoms with Crippen molar-refractivity contribution >= 4 is 5.91 Å². The van der Waals surface area contributed by atoms with E-state index < -0.39 is 6.10 Å². The average molecular weight is 263 g/mol. The molecule has 0 aliphatic heterocycles. The Bertz CT molecular complexity index is 415. The highest BCUT2D eigenvalue weighted by atomic mass is 16.5. The molecule has 1 aromatic rings. The summed E-state index contributed by atoms with van der Waals surface area (Å²) in [7, 11) is 0. The van der Waals surface area contributed by atoms with Crippen LogP contribution in [0.4, 0.5) is 0 Å². The second kappa shape index (κ2) is 6.09. The molecule has 0 aliphatic carbocycles. The molecule has 0 unspecified atom stereocenters. The Labute approximate surface area is 116 Å². The maximum absolute atomic E-state index is 11.7. The minimum atomic E-state index is -0.483. The molecule has 1 rings (SSSR count). The maximum Gasteiger partial charge on any atom is 0.260 e. The number of ether oxygens (including phenoxy) is 1. The minimum absolute atomic E-state index is 0.0881. The second-order valence-corrected chi connectivity index (χ2v) is 6.20. The molecule has 1 amide bonds. The van der Waals surface area contributed by atoms with Gasteiger partial charge in [-0.1, -0.05) is 32.9 Å². The van der Waals surface area contributed by atoms with Crippen molar-refractivity contribution in [2.75, 3.05) is 0 Å². The van der Waals surface area contributed by atoms with E-state index in [1.54, 1.807) is 6.92 Å². The normalized spacial score (nSPS) is 13.2. The molecule has 1 N–H and O–H groups in total. The minimum Gasteiger partial charge on any atom is -0.481 e. The smallest absolute Gasteiger partial charge is 0.260 e. The molecule has 1 aromatic carbocycles. The third-order valence-electron chi connectivity index (χ3n) is 2.83. The summed E-state index contributed by atoms with van der Waals surface area (Å²) in [5.74, 6) is 0.634. The molecule has 0 saturated heterocycles. The lowest BCUT2D eigenvalue weighted by molar-refractivity contribution is -0.127. The highest BCUT2D eigenvalue weighted by Gasteiger charge is 2.16. The van der Waals surface area contributed by atoms with Gasteiger partial charge in [-0.05, 0) is 43.9 Å². The summed E-state index contributed by atoms with van der Waals surface area (Å²) < 4.78 is 5.63. The molecule has 0 spiro atoms. The van der Waals surface area contributed by atoms with Crippen molar-refractivity contribution in [1.29, 1.82) is 0 Å². The van der Waals surface area contributed by atoms with Gasteiger partial charge < -0.3 is 10.1 Å². The SMILES string of the molecule is CC(C)NC(=O)[C@H](C)Oc1ccc(C(C)(C)C)cc1. The molecule has 0 fully saturated rings. The number of hydrogen-bond donors (Lipinski definition) is 1. The highest BCUT2D eigenvalue weighted by molar-refractivity contribution is 5.80. The zero-order valence-corrected chi connectivity index (χ0v) is 12.8. The molecule has 0 radical (unpaired) electrons. The Kier molecular flexibility index (Phi) is 4.98. The van der Waals surface area contributed by atoms with Gasteiger partial charge in [0.2, 0.25) is 0 Å². The molecule has 0 aromatic heterocycles. The Balaban J connectivity index is 2.65. The lowest BCUT2D eigenvalue weighted by Crippen LogP contribution is -2.40. The van der Waals surface area contributed by atoms with Gasteiger partial charge in [0.05, 0.1) is 0 Å². The van der Waals surface area contributed by atoms with Crippen LogP contribution in [0.1, 0.15) is 47.1 Å². The summed E-state index contributed by atoms with van der Waals surface area (Å²) in [5, 5.41) is 2.83. The van der Waals surface area contributed by atoms with Crippen LogP contribution in [0.15, 0.2) is 24.3 Å². The number of carbonyl (C=O) groups excluding carboxylic acids is 1. The van der Waals surface area contributed by atoms with Gasteiger partial charge in [0.15, 0.2) is 6.10 Å². The fraction of sp³-hybridized carbons (Fsp3) is 0.562. The van der Waals surface area contributed by atoms with Crippen LogP contribution in [0.2, 0.25) is 0 Å². The molecule has 3 nitrogen and oxygen atoms in total. The van der Waals surface area contributed by atoms with Crippen LogP contribution in [0.5, 0.6) is 5.75 Å². The van der Waals surface area contributed by atoms with Crippen LogP contribution < -0.4 is 10.1 Å². The number of carbonyl (C=O) groups is 1. The van der Waals surface area contributed by atoms with Crippen molar-refractivity contribution in [3.63, 3.8) is 0 Å². The fourth-order valence-corrected chi connectivity index (χ4v) is 1.69. The van der Waals surface area contributed by atoms with E-state index in [9.17, 15) is 4.79 Å². The molecule has 0 aliphatic rings. The first-order valence-electron chi connectivity index (χ1n) is 6.77. The van der Waals surface area contributed by atoms with Crippen molar-refractivity contribution < 1.29 is 9.53 Å². The number of nitrogens with one attached hydrogen (secondary N) is 1. The molecule has 0 heterocycles. The van der Waals surface area contributed by atoms with E-state index in [2.05, 4.69) is 26.1 Å². The zero-order chi connectivity index (χ0) is 14.6. The van der Waals surface area contributed by atoms with Crippen molar-refractivity contribution in [3.8, 4) is 5.75 Å². The summed E-state index contributed by atoms with van der Waals surface area (Å²) >= 11 is 0. The zero-order valence-electron chi connectivity index (χ0n) is 12.8. The number of benzene rings is 1. The van der Waals surface area contributed by atoms with E-state index in [4.69, 9.17) is 4.74 Å². The summed E-state index contributed by atoms with van der Waals surface area (Å²) in [6.07, 6.45) is -0.483. The topological polar surface area (TPSA) is 38.3 Å². The van der Waals surface area contributed by atoms with Gasteiger partial charge in [-0.3, -0.25) is 4.79 Å². The Morgan fingerprint density at radius 1 is 1.11 bits per heavy atom.